The largest absolute Gasteiger partial charge is 0.425 e. The van der Waals surface area contributed by atoms with Crippen LogP contribution in [0.5, 0.6) is 5.75 Å². The molecule has 5 nitrogen and oxygen atoms in total. The quantitative estimate of drug-likeness (QED) is 0.428. The Kier molecular flexibility index (Phi) is 6.59. The Morgan fingerprint density at radius 3 is 2.18 bits per heavy atom. The summed E-state index contributed by atoms with van der Waals surface area (Å²) in [5.41, 5.74) is -1.09. The van der Waals surface area contributed by atoms with E-state index >= 15 is 0 Å². The fraction of sp³-hybridized carbons (Fsp3) is 0.462. The number of rotatable bonds is 7. The highest BCUT2D eigenvalue weighted by molar-refractivity contribution is 7.54. The lowest BCUT2D eigenvalue weighted by Gasteiger charge is -2.17. The van der Waals surface area contributed by atoms with E-state index in [4.69, 9.17) is 9.05 Å². The van der Waals surface area contributed by atoms with E-state index in [1.54, 1.807) is 13.8 Å². The fourth-order valence-corrected chi connectivity index (χ4v) is 3.05. The van der Waals surface area contributed by atoms with Gasteiger partial charge in [0.15, 0.2) is 0 Å². The van der Waals surface area contributed by atoms with E-state index in [9.17, 15) is 22.5 Å². The van der Waals surface area contributed by atoms with Gasteiger partial charge in [-0.05, 0) is 26.0 Å². The lowest BCUT2D eigenvalue weighted by molar-refractivity contribution is -0.141. The van der Waals surface area contributed by atoms with Crippen LogP contribution in [0.2, 0.25) is 0 Å². The summed E-state index contributed by atoms with van der Waals surface area (Å²) in [4.78, 5) is 11.7. The topological polar surface area (TPSA) is 61.8 Å². The van der Waals surface area contributed by atoms with Crippen molar-refractivity contribution in [2.75, 3.05) is 19.4 Å². The highest BCUT2D eigenvalue weighted by Crippen LogP contribution is 2.48. The average molecular weight is 340 g/mol. The number of para-hydroxylation sites is 1. The van der Waals surface area contributed by atoms with Crippen molar-refractivity contribution in [2.45, 2.75) is 20.0 Å². The zero-order valence-corrected chi connectivity index (χ0v) is 12.9. The summed E-state index contributed by atoms with van der Waals surface area (Å²) in [5.74, 6) is -1.78. The maximum atomic E-state index is 12.8. The van der Waals surface area contributed by atoms with Crippen molar-refractivity contribution in [3.05, 3.63) is 29.8 Å². The molecule has 1 aromatic carbocycles. The van der Waals surface area contributed by atoms with Crippen molar-refractivity contribution in [2.24, 2.45) is 0 Å². The summed E-state index contributed by atoms with van der Waals surface area (Å²) in [6.07, 6.45) is -5.43. The lowest BCUT2D eigenvalue weighted by Crippen LogP contribution is -2.18. The minimum absolute atomic E-state index is 0.0314. The van der Waals surface area contributed by atoms with Gasteiger partial charge in [-0.2, -0.15) is 13.2 Å². The summed E-state index contributed by atoms with van der Waals surface area (Å²) < 4.78 is 64.9. The van der Waals surface area contributed by atoms with Gasteiger partial charge in [-0.3, -0.25) is 9.36 Å². The molecule has 0 saturated carbocycles. The molecule has 1 rings (SSSR count). The second-order valence-electron chi connectivity index (χ2n) is 4.07. The van der Waals surface area contributed by atoms with E-state index in [1.165, 1.54) is 12.1 Å². The maximum absolute atomic E-state index is 12.8. The Labute approximate surface area is 125 Å². The third kappa shape index (κ3) is 5.44. The number of ether oxygens (including phenoxy) is 1. The average Bonchev–Trinajstić information content (AvgIpc) is 2.37. The molecule has 22 heavy (non-hydrogen) atoms. The van der Waals surface area contributed by atoms with Gasteiger partial charge in [-0.25, -0.2) is 0 Å². The van der Waals surface area contributed by atoms with E-state index in [0.29, 0.717) is 0 Å². The van der Waals surface area contributed by atoms with Gasteiger partial charge in [0.05, 0.1) is 18.8 Å². The van der Waals surface area contributed by atoms with Gasteiger partial charge in [0.25, 0.3) is 0 Å². The van der Waals surface area contributed by atoms with Gasteiger partial charge < -0.3 is 13.8 Å². The highest BCUT2D eigenvalue weighted by atomic mass is 31.2. The lowest BCUT2D eigenvalue weighted by atomic mass is 10.2. The van der Waals surface area contributed by atoms with Crippen LogP contribution in [-0.2, 0) is 24.6 Å². The number of hydrogen-bond acceptors (Lipinski definition) is 5. The Bertz CT molecular complexity index is 549. The predicted molar refractivity (Wildman–Crippen MR) is 72.8 cm³/mol. The minimum atomic E-state index is -4.67. The summed E-state index contributed by atoms with van der Waals surface area (Å²) in [6, 6.07) is 4.26. The van der Waals surface area contributed by atoms with Gasteiger partial charge in [-0.15, -0.1) is 0 Å². The van der Waals surface area contributed by atoms with E-state index in [1.807, 2.05) is 0 Å². The van der Waals surface area contributed by atoms with Crippen molar-refractivity contribution < 1.29 is 36.3 Å². The molecule has 0 unspecified atom stereocenters. The number of esters is 1. The molecule has 1 aromatic rings. The van der Waals surface area contributed by atoms with Crippen molar-refractivity contribution in [3.8, 4) is 5.75 Å². The third-order valence-corrected chi connectivity index (χ3v) is 4.34. The molecule has 0 heterocycles. The van der Waals surface area contributed by atoms with Gasteiger partial charge >= 0.3 is 19.7 Å². The molecule has 0 amide bonds. The first-order valence-corrected chi connectivity index (χ1v) is 8.19. The number of halogens is 3. The second-order valence-corrected chi connectivity index (χ2v) is 6.13. The van der Waals surface area contributed by atoms with Crippen LogP contribution >= 0.6 is 7.60 Å². The van der Waals surface area contributed by atoms with Gasteiger partial charge in [0.2, 0.25) is 0 Å². The van der Waals surface area contributed by atoms with Gasteiger partial charge in [-0.1, -0.05) is 12.1 Å². The second kappa shape index (κ2) is 7.76. The van der Waals surface area contributed by atoms with Crippen molar-refractivity contribution in [1.29, 1.82) is 0 Å². The van der Waals surface area contributed by atoms with Crippen molar-refractivity contribution >= 4 is 13.6 Å². The standard InChI is InChI=1S/C13H16F3O5P/c1-3-19-22(18,20-4-2)9-12(17)21-11-8-6-5-7-10(11)13(14,15)16/h5-8H,3-4,9H2,1-2H3. The monoisotopic (exact) mass is 340 g/mol. The van der Waals surface area contributed by atoms with Gasteiger partial charge in [0, 0.05) is 0 Å². The highest BCUT2D eigenvalue weighted by Gasteiger charge is 2.35. The molecule has 9 heteroatoms. The molecule has 124 valence electrons. The van der Waals surface area contributed by atoms with Crippen LogP contribution in [0.25, 0.3) is 0 Å². The number of hydrogen-bond donors (Lipinski definition) is 0. The van der Waals surface area contributed by atoms with Crippen LogP contribution in [0, 0.1) is 0 Å². The maximum Gasteiger partial charge on any atom is 0.419 e. The number of benzene rings is 1. The van der Waals surface area contributed by atoms with Crippen LogP contribution in [-0.4, -0.2) is 25.3 Å². The zero-order chi connectivity index (χ0) is 16.8. The number of alkyl halides is 3. The molecule has 0 spiro atoms. The van der Waals surface area contributed by atoms with Crippen LogP contribution in [0.3, 0.4) is 0 Å². The van der Waals surface area contributed by atoms with Crippen molar-refractivity contribution in [1.82, 2.24) is 0 Å². The van der Waals surface area contributed by atoms with Crippen LogP contribution < -0.4 is 4.74 Å². The smallest absolute Gasteiger partial charge is 0.419 e. The Morgan fingerprint density at radius 1 is 1.14 bits per heavy atom. The molecule has 0 aliphatic carbocycles. The number of carbonyl (C=O) groups excluding carboxylic acids is 1. The third-order valence-electron chi connectivity index (χ3n) is 2.39. The molecule has 0 atom stereocenters. The molecule has 0 fully saturated rings. The van der Waals surface area contributed by atoms with E-state index in [2.05, 4.69) is 4.74 Å². The predicted octanol–water partition coefficient (Wildman–Crippen LogP) is 3.88. The molecule has 0 saturated heterocycles. The molecular formula is C13H16F3O5P. The van der Waals surface area contributed by atoms with Crippen LogP contribution in [0.15, 0.2) is 24.3 Å². The summed E-state index contributed by atoms with van der Waals surface area (Å²) >= 11 is 0. The summed E-state index contributed by atoms with van der Waals surface area (Å²) in [7, 11) is -3.72. The van der Waals surface area contributed by atoms with Gasteiger partial charge in [0.1, 0.15) is 11.9 Å². The molecule has 0 radical (unpaired) electrons. The molecule has 0 bridgehead atoms. The van der Waals surface area contributed by atoms with E-state index in [-0.39, 0.29) is 13.2 Å². The molecule has 0 aliphatic rings. The first-order valence-electron chi connectivity index (χ1n) is 6.47. The van der Waals surface area contributed by atoms with E-state index in [0.717, 1.165) is 12.1 Å². The first kappa shape index (κ1) is 18.7. The fourth-order valence-electron chi connectivity index (χ4n) is 1.62. The molecule has 0 N–H and O–H groups in total. The Morgan fingerprint density at radius 2 is 1.68 bits per heavy atom. The summed E-state index contributed by atoms with van der Waals surface area (Å²) in [5, 5.41) is 0. The molecular weight excluding hydrogens is 324 g/mol. The van der Waals surface area contributed by atoms with E-state index < -0.39 is 37.2 Å². The van der Waals surface area contributed by atoms with Crippen LogP contribution in [0.1, 0.15) is 19.4 Å². The molecule has 0 aliphatic heterocycles. The normalized spacial score (nSPS) is 12.2. The SMILES string of the molecule is CCOP(=O)(CC(=O)Oc1ccccc1C(F)(F)F)OCC. The first-order chi connectivity index (χ1) is 10.2. The Balaban J connectivity index is 2.88. The minimum Gasteiger partial charge on any atom is -0.425 e. The molecule has 0 aromatic heterocycles. The zero-order valence-electron chi connectivity index (χ0n) is 12.1. The Hall–Kier alpha value is -1.37. The summed E-state index contributed by atoms with van der Waals surface area (Å²) in [6.45, 7) is 3.17. The van der Waals surface area contributed by atoms with Crippen molar-refractivity contribution in [3.63, 3.8) is 0 Å². The number of carbonyl (C=O) groups is 1. The van der Waals surface area contributed by atoms with Crippen LogP contribution in [0.4, 0.5) is 13.2 Å².